The van der Waals surface area contributed by atoms with Gasteiger partial charge < -0.3 is 14.2 Å². The zero-order chi connectivity index (χ0) is 25.8. The highest BCUT2D eigenvalue weighted by atomic mass is 32.2. The molecule has 0 aliphatic carbocycles. The first kappa shape index (κ1) is 24.9. The van der Waals surface area contributed by atoms with Crippen molar-refractivity contribution in [2.75, 3.05) is 18.6 Å². The van der Waals surface area contributed by atoms with Crippen LogP contribution in [0.5, 0.6) is 17.2 Å². The summed E-state index contributed by atoms with van der Waals surface area (Å²) in [5.41, 5.74) is 2.63. The van der Waals surface area contributed by atoms with E-state index in [4.69, 9.17) is 26.4 Å². The molecule has 0 unspecified atom stereocenters. The third-order valence-electron chi connectivity index (χ3n) is 5.95. The van der Waals surface area contributed by atoms with Crippen LogP contribution in [0.3, 0.4) is 0 Å². The summed E-state index contributed by atoms with van der Waals surface area (Å²) in [5, 5.41) is 2.34. The van der Waals surface area contributed by atoms with E-state index in [0.29, 0.717) is 39.6 Å². The summed E-state index contributed by atoms with van der Waals surface area (Å²) in [6, 6.07) is 27.4. The molecule has 37 heavy (non-hydrogen) atoms. The van der Waals surface area contributed by atoms with Crippen molar-refractivity contribution in [3.63, 3.8) is 0 Å². The van der Waals surface area contributed by atoms with Crippen LogP contribution in [-0.4, -0.2) is 23.9 Å². The van der Waals surface area contributed by atoms with Crippen molar-refractivity contribution in [3.8, 4) is 17.2 Å². The minimum atomic E-state index is -0.158. The van der Waals surface area contributed by atoms with E-state index in [0.717, 1.165) is 22.3 Å². The summed E-state index contributed by atoms with van der Waals surface area (Å²) >= 11 is 6.79. The van der Waals surface area contributed by atoms with E-state index in [-0.39, 0.29) is 5.91 Å². The Kier molecular flexibility index (Phi) is 7.44. The third kappa shape index (κ3) is 5.33. The highest BCUT2D eigenvalue weighted by Crippen LogP contribution is 2.38. The molecule has 5 rings (SSSR count). The molecule has 0 spiro atoms. The Morgan fingerprint density at radius 3 is 2.49 bits per heavy atom. The smallest absolute Gasteiger partial charge is 0.270 e. The number of benzene rings is 4. The topological polar surface area (TPSA) is 48.0 Å². The molecule has 0 bridgehead atoms. The molecule has 1 heterocycles. The lowest BCUT2D eigenvalue weighted by Gasteiger charge is -2.15. The second-order valence-electron chi connectivity index (χ2n) is 8.28. The largest absolute Gasteiger partial charge is 0.494 e. The van der Waals surface area contributed by atoms with Gasteiger partial charge in [0.05, 0.1) is 24.3 Å². The van der Waals surface area contributed by atoms with Crippen molar-refractivity contribution in [1.29, 1.82) is 0 Å². The molecule has 1 aliphatic heterocycles. The number of anilines is 1. The molecule has 186 valence electrons. The lowest BCUT2D eigenvalue weighted by atomic mass is 10.1. The lowest BCUT2D eigenvalue weighted by molar-refractivity contribution is -0.113. The van der Waals surface area contributed by atoms with Crippen LogP contribution in [0.25, 0.3) is 16.8 Å². The number of thioether (sulfide) groups is 1. The lowest BCUT2D eigenvalue weighted by Crippen LogP contribution is -2.27. The minimum absolute atomic E-state index is 0.158. The predicted molar refractivity (Wildman–Crippen MR) is 155 cm³/mol. The molecule has 0 radical (unpaired) electrons. The number of nitrogens with zero attached hydrogens (tertiary/aromatic N) is 1. The molecule has 1 amide bonds. The molecule has 1 aliphatic rings. The number of fused-ring (bicyclic) bond motifs is 1. The van der Waals surface area contributed by atoms with Crippen LogP contribution in [0.1, 0.15) is 18.1 Å². The molecule has 1 saturated heterocycles. The van der Waals surface area contributed by atoms with Gasteiger partial charge in [-0.3, -0.25) is 9.69 Å². The quantitative estimate of drug-likeness (QED) is 0.178. The fourth-order valence-corrected chi connectivity index (χ4v) is 5.47. The fraction of sp³-hybridized carbons (Fsp3) is 0.133. The summed E-state index contributed by atoms with van der Waals surface area (Å²) < 4.78 is 17.7. The van der Waals surface area contributed by atoms with E-state index in [9.17, 15) is 4.79 Å². The number of ether oxygens (including phenoxy) is 3. The first-order chi connectivity index (χ1) is 18.1. The molecule has 1 fully saturated rings. The van der Waals surface area contributed by atoms with Crippen molar-refractivity contribution < 1.29 is 19.0 Å². The standard InChI is InChI=1S/C30H25NO4S2/c1-3-34-24-14-12-23(13-15-24)31-29(32)28(37-30(31)36)18-20-11-16-26(27(17-20)33-2)35-19-22-9-6-8-21-7-4-5-10-25(21)22/h4-18H,3,19H2,1-2H3/b28-18+. The molecule has 4 aromatic carbocycles. The first-order valence-electron chi connectivity index (χ1n) is 11.9. The van der Waals surface area contributed by atoms with E-state index < -0.39 is 0 Å². The Morgan fingerprint density at radius 1 is 0.919 bits per heavy atom. The van der Waals surface area contributed by atoms with E-state index in [2.05, 4.69) is 24.3 Å². The molecule has 0 atom stereocenters. The third-order valence-corrected chi connectivity index (χ3v) is 7.25. The number of rotatable bonds is 8. The van der Waals surface area contributed by atoms with Crippen LogP contribution >= 0.6 is 24.0 Å². The van der Waals surface area contributed by atoms with Gasteiger partial charge in [-0.1, -0.05) is 72.5 Å². The van der Waals surface area contributed by atoms with Crippen LogP contribution in [-0.2, 0) is 11.4 Å². The Balaban J connectivity index is 1.33. The summed E-state index contributed by atoms with van der Waals surface area (Å²) in [6.07, 6.45) is 1.82. The predicted octanol–water partition coefficient (Wildman–Crippen LogP) is 7.23. The molecule has 0 saturated carbocycles. The second kappa shape index (κ2) is 11.1. The molecule has 0 aromatic heterocycles. The van der Waals surface area contributed by atoms with E-state index in [1.165, 1.54) is 17.1 Å². The zero-order valence-corrected chi connectivity index (χ0v) is 22.1. The zero-order valence-electron chi connectivity index (χ0n) is 20.5. The average molecular weight is 528 g/mol. The average Bonchev–Trinajstić information content (AvgIpc) is 3.20. The van der Waals surface area contributed by atoms with Gasteiger partial charge in [0.1, 0.15) is 12.4 Å². The van der Waals surface area contributed by atoms with Crippen LogP contribution < -0.4 is 19.1 Å². The van der Waals surface area contributed by atoms with Gasteiger partial charge in [0, 0.05) is 0 Å². The van der Waals surface area contributed by atoms with E-state index in [1.54, 1.807) is 12.0 Å². The van der Waals surface area contributed by atoms with Crippen LogP contribution in [0, 0.1) is 0 Å². The Hall–Kier alpha value is -3.81. The SMILES string of the molecule is CCOc1ccc(N2C(=O)/C(=C\c3ccc(OCc4cccc5ccccc45)c(OC)c3)SC2=S)cc1. The number of hydrogen-bond acceptors (Lipinski definition) is 6. The second-order valence-corrected chi connectivity index (χ2v) is 9.96. The van der Waals surface area contributed by atoms with E-state index >= 15 is 0 Å². The van der Waals surface area contributed by atoms with Crippen molar-refractivity contribution in [2.24, 2.45) is 0 Å². The first-order valence-corrected chi connectivity index (χ1v) is 13.1. The maximum atomic E-state index is 13.2. The molecule has 7 heteroatoms. The number of amides is 1. The Labute approximate surface area is 225 Å². The van der Waals surface area contributed by atoms with Gasteiger partial charge in [0.2, 0.25) is 0 Å². The summed E-state index contributed by atoms with van der Waals surface area (Å²) in [5.74, 6) is 1.82. The summed E-state index contributed by atoms with van der Waals surface area (Å²) in [7, 11) is 1.61. The number of hydrogen-bond donors (Lipinski definition) is 0. The molecular weight excluding hydrogens is 502 g/mol. The maximum Gasteiger partial charge on any atom is 0.270 e. The van der Waals surface area contributed by atoms with Crippen molar-refractivity contribution in [1.82, 2.24) is 0 Å². The molecule has 4 aromatic rings. The number of methoxy groups -OCH3 is 1. The Morgan fingerprint density at radius 2 is 1.70 bits per heavy atom. The maximum absolute atomic E-state index is 13.2. The Bertz CT molecular complexity index is 1490. The number of carbonyl (C=O) groups is 1. The van der Waals surface area contributed by atoms with E-state index in [1.807, 2.05) is 73.7 Å². The molecule has 5 nitrogen and oxygen atoms in total. The van der Waals surface area contributed by atoms with Gasteiger partial charge in [0.15, 0.2) is 15.8 Å². The van der Waals surface area contributed by atoms with Crippen molar-refractivity contribution in [3.05, 3.63) is 101 Å². The molecular formula is C30H25NO4S2. The fourth-order valence-electron chi connectivity index (χ4n) is 4.17. The van der Waals surface area contributed by atoms with Crippen LogP contribution in [0.4, 0.5) is 5.69 Å². The van der Waals surface area contributed by atoms with Gasteiger partial charge in [-0.05, 0) is 71.3 Å². The van der Waals surface area contributed by atoms with Crippen LogP contribution in [0.2, 0.25) is 0 Å². The monoisotopic (exact) mass is 527 g/mol. The van der Waals surface area contributed by atoms with Gasteiger partial charge >= 0.3 is 0 Å². The summed E-state index contributed by atoms with van der Waals surface area (Å²) in [4.78, 5) is 15.3. The normalized spacial score (nSPS) is 14.4. The van der Waals surface area contributed by atoms with Crippen molar-refractivity contribution >= 4 is 56.7 Å². The van der Waals surface area contributed by atoms with Gasteiger partial charge in [-0.2, -0.15) is 0 Å². The molecule has 0 N–H and O–H groups in total. The minimum Gasteiger partial charge on any atom is -0.494 e. The van der Waals surface area contributed by atoms with Crippen molar-refractivity contribution in [2.45, 2.75) is 13.5 Å². The number of thiocarbonyl (C=S) groups is 1. The highest BCUT2D eigenvalue weighted by Gasteiger charge is 2.33. The van der Waals surface area contributed by atoms with Gasteiger partial charge in [-0.25, -0.2) is 0 Å². The van der Waals surface area contributed by atoms with Gasteiger partial charge in [-0.15, -0.1) is 0 Å². The van der Waals surface area contributed by atoms with Crippen LogP contribution in [0.15, 0.2) is 89.8 Å². The number of carbonyl (C=O) groups excluding carboxylic acids is 1. The van der Waals surface area contributed by atoms with Gasteiger partial charge in [0.25, 0.3) is 5.91 Å². The summed E-state index contributed by atoms with van der Waals surface area (Å²) in [6.45, 7) is 2.93. The highest BCUT2D eigenvalue weighted by molar-refractivity contribution is 8.27.